The highest BCUT2D eigenvalue weighted by atomic mass is 32.2. The highest BCUT2D eigenvalue weighted by Crippen LogP contribution is 2.13. The Morgan fingerprint density at radius 3 is 2.42 bits per heavy atom. The molecule has 0 aliphatic heterocycles. The molecule has 1 heterocycles. The Morgan fingerprint density at radius 1 is 1.42 bits per heavy atom. The van der Waals surface area contributed by atoms with Crippen LogP contribution in [0.2, 0.25) is 0 Å². The number of hydrogen-bond acceptors (Lipinski definition) is 4. The largest absolute Gasteiger partial charge is 0.477 e. The van der Waals surface area contributed by atoms with Crippen molar-refractivity contribution in [3.63, 3.8) is 0 Å². The lowest BCUT2D eigenvalue weighted by atomic mass is 10.3. The van der Waals surface area contributed by atoms with Gasteiger partial charge < -0.3 is 15.0 Å². The van der Waals surface area contributed by atoms with Crippen molar-refractivity contribution >= 4 is 21.9 Å². The zero-order valence-corrected chi connectivity index (χ0v) is 11.5. The predicted molar refractivity (Wildman–Crippen MR) is 66.2 cm³/mol. The Morgan fingerprint density at radius 2 is 2.00 bits per heavy atom. The van der Waals surface area contributed by atoms with Gasteiger partial charge in [0, 0.05) is 20.3 Å². The van der Waals surface area contributed by atoms with Crippen molar-refractivity contribution in [3.05, 3.63) is 18.0 Å². The van der Waals surface area contributed by atoms with E-state index in [1.54, 1.807) is 0 Å². The standard InChI is InChI=1S/C10H15N3O5S/c1-6(9(14)11-2)12-19(17,18)7-4-8(10(15)16)13(3)5-7/h4-6,12H,1-3H3,(H,11,14)(H,15,16). The monoisotopic (exact) mass is 289 g/mol. The maximum atomic E-state index is 12.0. The highest BCUT2D eigenvalue weighted by molar-refractivity contribution is 7.89. The van der Waals surface area contributed by atoms with Gasteiger partial charge in [-0.2, -0.15) is 4.72 Å². The molecule has 0 aliphatic carbocycles. The molecule has 0 radical (unpaired) electrons. The molecule has 3 N–H and O–H groups in total. The van der Waals surface area contributed by atoms with E-state index in [0.29, 0.717) is 0 Å². The van der Waals surface area contributed by atoms with Crippen LogP contribution in [-0.4, -0.2) is 43.1 Å². The van der Waals surface area contributed by atoms with E-state index in [4.69, 9.17) is 5.11 Å². The molecule has 1 rings (SSSR count). The van der Waals surface area contributed by atoms with Gasteiger partial charge in [-0.15, -0.1) is 0 Å². The summed E-state index contributed by atoms with van der Waals surface area (Å²) in [5.74, 6) is -1.72. The first-order valence-corrected chi connectivity index (χ1v) is 6.81. The van der Waals surface area contributed by atoms with Gasteiger partial charge in [0.1, 0.15) is 10.6 Å². The predicted octanol–water partition coefficient (Wildman–Crippen LogP) is -0.864. The Bertz CT molecular complexity index is 605. The third-order valence-corrected chi connectivity index (χ3v) is 3.99. The van der Waals surface area contributed by atoms with Crippen molar-refractivity contribution in [3.8, 4) is 0 Å². The van der Waals surface area contributed by atoms with Gasteiger partial charge in [-0.05, 0) is 13.0 Å². The number of nitrogens with zero attached hydrogens (tertiary/aromatic N) is 1. The van der Waals surface area contributed by atoms with Crippen molar-refractivity contribution in [1.29, 1.82) is 0 Å². The van der Waals surface area contributed by atoms with E-state index in [1.165, 1.54) is 31.8 Å². The topological polar surface area (TPSA) is 118 Å². The molecule has 1 atom stereocenters. The van der Waals surface area contributed by atoms with Crippen molar-refractivity contribution in [1.82, 2.24) is 14.6 Å². The van der Waals surface area contributed by atoms with Crippen molar-refractivity contribution < 1.29 is 23.1 Å². The van der Waals surface area contributed by atoms with Crippen LogP contribution < -0.4 is 10.0 Å². The fourth-order valence-electron chi connectivity index (χ4n) is 1.46. The molecule has 0 aliphatic rings. The summed E-state index contributed by atoms with van der Waals surface area (Å²) in [5, 5.41) is 11.2. The molecule has 0 aromatic carbocycles. The van der Waals surface area contributed by atoms with Gasteiger partial charge in [0.05, 0.1) is 6.04 Å². The number of aromatic nitrogens is 1. The number of likely N-dealkylation sites (N-methyl/N-ethyl adjacent to an activating group) is 1. The molecule has 19 heavy (non-hydrogen) atoms. The maximum absolute atomic E-state index is 12.0. The Kier molecular flexibility index (Phi) is 4.32. The number of rotatable bonds is 5. The van der Waals surface area contributed by atoms with Crippen molar-refractivity contribution in [2.24, 2.45) is 7.05 Å². The summed E-state index contributed by atoms with van der Waals surface area (Å²) < 4.78 is 27.2. The number of amides is 1. The molecule has 1 aromatic rings. The van der Waals surface area contributed by atoms with Gasteiger partial charge >= 0.3 is 5.97 Å². The van der Waals surface area contributed by atoms with Crippen molar-refractivity contribution in [2.75, 3.05) is 7.05 Å². The van der Waals surface area contributed by atoms with Crippen LogP contribution >= 0.6 is 0 Å². The zero-order valence-electron chi connectivity index (χ0n) is 10.7. The second-order valence-corrected chi connectivity index (χ2v) is 5.65. The number of aromatic carboxylic acids is 1. The fraction of sp³-hybridized carbons (Fsp3) is 0.400. The van der Waals surface area contributed by atoms with E-state index in [-0.39, 0.29) is 10.6 Å². The summed E-state index contributed by atoms with van der Waals surface area (Å²) in [4.78, 5) is 21.9. The number of sulfonamides is 1. The molecule has 1 amide bonds. The van der Waals surface area contributed by atoms with Gasteiger partial charge in [0.15, 0.2) is 0 Å². The number of nitrogens with one attached hydrogen (secondary N) is 2. The lowest BCUT2D eigenvalue weighted by Crippen LogP contribution is -2.43. The van der Waals surface area contributed by atoms with E-state index < -0.39 is 27.9 Å². The van der Waals surface area contributed by atoms with E-state index >= 15 is 0 Å². The van der Waals surface area contributed by atoms with Crippen LogP contribution in [-0.2, 0) is 21.9 Å². The summed E-state index contributed by atoms with van der Waals surface area (Å²) in [7, 11) is -1.14. The molecule has 0 spiro atoms. The molecule has 0 bridgehead atoms. The number of carboxylic acid groups (broad SMARTS) is 1. The third-order valence-electron chi connectivity index (χ3n) is 2.48. The molecule has 9 heteroatoms. The third kappa shape index (κ3) is 3.32. The molecule has 1 unspecified atom stereocenters. The first kappa shape index (κ1) is 15.2. The van der Waals surface area contributed by atoms with Crippen LogP contribution in [0.3, 0.4) is 0 Å². The molecule has 1 aromatic heterocycles. The first-order valence-electron chi connectivity index (χ1n) is 5.32. The lowest BCUT2D eigenvalue weighted by molar-refractivity contribution is -0.121. The molecular weight excluding hydrogens is 274 g/mol. The van der Waals surface area contributed by atoms with Gasteiger partial charge in [0.25, 0.3) is 0 Å². The number of carboxylic acids is 1. The number of hydrogen-bond donors (Lipinski definition) is 3. The number of aryl methyl sites for hydroxylation is 1. The summed E-state index contributed by atoms with van der Waals surface area (Å²) >= 11 is 0. The zero-order chi connectivity index (χ0) is 14.8. The quantitative estimate of drug-likeness (QED) is 0.651. The van der Waals surface area contributed by atoms with E-state index in [2.05, 4.69) is 10.0 Å². The average molecular weight is 289 g/mol. The summed E-state index contributed by atoms with van der Waals surface area (Å²) in [6.45, 7) is 1.39. The van der Waals surface area contributed by atoms with Crippen molar-refractivity contribution in [2.45, 2.75) is 17.9 Å². The summed E-state index contributed by atoms with van der Waals surface area (Å²) in [6, 6.07) is 0.0739. The second-order valence-electron chi connectivity index (χ2n) is 3.93. The summed E-state index contributed by atoms with van der Waals surface area (Å²) in [5.41, 5.74) is -0.159. The Hall–Kier alpha value is -1.87. The Balaban J connectivity index is 3.04. The average Bonchev–Trinajstić information content (AvgIpc) is 2.70. The molecule has 106 valence electrons. The Labute approximate surface area is 110 Å². The van der Waals surface area contributed by atoms with Gasteiger partial charge in [-0.1, -0.05) is 0 Å². The molecule has 0 saturated carbocycles. The first-order chi connectivity index (χ1) is 8.69. The van der Waals surface area contributed by atoms with E-state index in [1.807, 2.05) is 0 Å². The molecule has 0 fully saturated rings. The normalized spacial score (nSPS) is 13.0. The SMILES string of the molecule is CNC(=O)C(C)NS(=O)(=O)c1cc(C(=O)O)n(C)c1. The van der Waals surface area contributed by atoms with Gasteiger partial charge in [-0.25, -0.2) is 13.2 Å². The molecule has 0 saturated heterocycles. The number of carbonyl (C=O) groups excluding carboxylic acids is 1. The molecular formula is C10H15N3O5S. The molecule has 8 nitrogen and oxygen atoms in total. The maximum Gasteiger partial charge on any atom is 0.352 e. The van der Waals surface area contributed by atoms with Crippen LogP contribution in [0.5, 0.6) is 0 Å². The minimum atomic E-state index is -3.94. The highest BCUT2D eigenvalue weighted by Gasteiger charge is 2.24. The number of carbonyl (C=O) groups is 2. The van der Waals surface area contributed by atoms with Gasteiger partial charge in [-0.3, -0.25) is 4.79 Å². The van der Waals surface area contributed by atoms with Crippen LogP contribution in [0.1, 0.15) is 17.4 Å². The van der Waals surface area contributed by atoms with Crippen LogP contribution in [0.4, 0.5) is 0 Å². The summed E-state index contributed by atoms with van der Waals surface area (Å²) in [6.07, 6.45) is 1.17. The van der Waals surface area contributed by atoms with Crippen LogP contribution in [0, 0.1) is 0 Å². The fourth-order valence-corrected chi connectivity index (χ4v) is 2.74. The second kappa shape index (κ2) is 5.41. The van der Waals surface area contributed by atoms with Gasteiger partial charge in [0.2, 0.25) is 15.9 Å². The lowest BCUT2D eigenvalue weighted by Gasteiger charge is -2.11. The minimum Gasteiger partial charge on any atom is -0.477 e. The van der Waals surface area contributed by atoms with E-state index in [0.717, 1.165) is 6.07 Å². The van der Waals surface area contributed by atoms with Crippen LogP contribution in [0.25, 0.3) is 0 Å². The van der Waals surface area contributed by atoms with E-state index in [9.17, 15) is 18.0 Å². The van der Waals surface area contributed by atoms with Crippen LogP contribution in [0.15, 0.2) is 17.2 Å². The smallest absolute Gasteiger partial charge is 0.352 e. The minimum absolute atomic E-state index is 0.159.